The molecule has 0 saturated carbocycles. The number of phenolic OH excluding ortho intramolecular Hbond substituents is 1. The Hall–Kier alpha value is 0.260. The first-order valence-corrected chi connectivity index (χ1v) is 8.55. The van der Waals surface area contributed by atoms with E-state index in [1.807, 2.05) is 57.3 Å². The largest absolute Gasteiger partial charge is 0.506 e. The van der Waals surface area contributed by atoms with Crippen molar-refractivity contribution in [2.75, 3.05) is 26.2 Å². The van der Waals surface area contributed by atoms with E-state index in [0.717, 1.165) is 31.7 Å². The monoisotopic (exact) mass is 508 g/mol. The Morgan fingerprint density at radius 1 is 1.20 bits per heavy atom. The molecular weight excluding hydrogens is 492 g/mol. The molecule has 1 fully saturated rings. The number of rotatable bonds is 4. The Morgan fingerprint density at radius 3 is 2.25 bits per heavy atom. The summed E-state index contributed by atoms with van der Waals surface area (Å²) in [6, 6.07) is 3.33. The van der Waals surface area contributed by atoms with E-state index < -0.39 is 6.43 Å². The van der Waals surface area contributed by atoms with Crippen molar-refractivity contribution in [3.05, 3.63) is 24.8 Å². The molecule has 1 aliphatic rings. The smallest absolute Gasteiger partial charge is 0.240 e. The van der Waals surface area contributed by atoms with Gasteiger partial charge in [-0.25, -0.2) is 8.78 Å². The molecule has 1 saturated heterocycles. The highest BCUT2D eigenvalue weighted by Crippen LogP contribution is 2.34. The third-order valence-corrected chi connectivity index (χ3v) is 5.06. The number of hydrogen-bond acceptors (Lipinski definition) is 3. The van der Waals surface area contributed by atoms with Crippen LogP contribution in [0.1, 0.15) is 18.0 Å². The molecular formula is C13H16F2I2N2O. The lowest BCUT2D eigenvalue weighted by molar-refractivity contribution is 0.0738. The fourth-order valence-corrected chi connectivity index (χ4v) is 4.25. The van der Waals surface area contributed by atoms with E-state index in [1.54, 1.807) is 0 Å². The van der Waals surface area contributed by atoms with Gasteiger partial charge in [0.05, 0.1) is 7.14 Å². The molecule has 0 aromatic heterocycles. The van der Waals surface area contributed by atoms with E-state index in [0.29, 0.717) is 7.14 Å². The topological polar surface area (TPSA) is 35.5 Å². The number of aromatic hydroxyl groups is 1. The van der Waals surface area contributed by atoms with Gasteiger partial charge in [-0.05, 0) is 62.9 Å². The van der Waals surface area contributed by atoms with Crippen LogP contribution in [0, 0.1) is 7.14 Å². The summed E-state index contributed by atoms with van der Waals surface area (Å²) in [4.78, 5) is 2.10. The molecule has 0 bridgehead atoms. The molecule has 0 unspecified atom stereocenters. The van der Waals surface area contributed by atoms with E-state index in [2.05, 4.69) is 10.2 Å². The molecule has 1 aromatic rings. The normalized spacial score (nSPS) is 18.4. The fourth-order valence-electron chi connectivity index (χ4n) is 2.44. The molecule has 7 heteroatoms. The Morgan fingerprint density at radius 2 is 1.75 bits per heavy atom. The lowest BCUT2D eigenvalue weighted by Gasteiger charge is -2.35. The molecule has 1 aliphatic heterocycles. The van der Waals surface area contributed by atoms with Crippen molar-refractivity contribution in [2.24, 2.45) is 0 Å². The highest BCUT2D eigenvalue weighted by atomic mass is 127. The van der Waals surface area contributed by atoms with Gasteiger partial charge in [-0.15, -0.1) is 0 Å². The maximum absolute atomic E-state index is 12.9. The van der Waals surface area contributed by atoms with E-state index in [4.69, 9.17) is 0 Å². The number of benzene rings is 1. The van der Waals surface area contributed by atoms with Crippen molar-refractivity contribution in [2.45, 2.75) is 18.9 Å². The van der Waals surface area contributed by atoms with Crippen molar-refractivity contribution in [3.8, 4) is 5.75 Å². The lowest BCUT2D eigenvalue weighted by Crippen LogP contribution is -2.45. The van der Waals surface area contributed by atoms with Crippen molar-refractivity contribution in [1.82, 2.24) is 10.2 Å². The van der Waals surface area contributed by atoms with Gasteiger partial charge >= 0.3 is 0 Å². The summed E-state index contributed by atoms with van der Waals surface area (Å²) < 4.78 is 27.2. The summed E-state index contributed by atoms with van der Waals surface area (Å²) in [5, 5.41) is 13.1. The third kappa shape index (κ3) is 4.14. The molecule has 0 radical (unpaired) electrons. The summed E-state index contributed by atoms with van der Waals surface area (Å²) >= 11 is 4.08. The SMILES string of the molecule is Oc1c(I)cc([C@@H](CC(F)F)N2CCNCC2)cc1I. The second-order valence-electron chi connectivity index (χ2n) is 4.76. The van der Waals surface area contributed by atoms with Crippen molar-refractivity contribution in [1.29, 1.82) is 0 Å². The summed E-state index contributed by atoms with van der Waals surface area (Å²) in [7, 11) is 0. The van der Waals surface area contributed by atoms with Crippen LogP contribution in [0.3, 0.4) is 0 Å². The quantitative estimate of drug-likeness (QED) is 0.614. The van der Waals surface area contributed by atoms with Crippen LogP contribution in [0.4, 0.5) is 8.78 Å². The van der Waals surface area contributed by atoms with Gasteiger partial charge in [0.25, 0.3) is 0 Å². The average molecular weight is 508 g/mol. The average Bonchev–Trinajstić information content (AvgIpc) is 2.42. The van der Waals surface area contributed by atoms with Crippen LogP contribution in [0.5, 0.6) is 5.75 Å². The number of halogens is 4. The minimum atomic E-state index is -2.33. The number of piperazine rings is 1. The summed E-state index contributed by atoms with van der Waals surface area (Å²) in [6.07, 6.45) is -2.50. The highest BCUT2D eigenvalue weighted by Gasteiger charge is 2.26. The second-order valence-corrected chi connectivity index (χ2v) is 7.09. The first kappa shape index (κ1) is 16.6. The van der Waals surface area contributed by atoms with Crippen LogP contribution in [0.15, 0.2) is 12.1 Å². The highest BCUT2D eigenvalue weighted by molar-refractivity contribution is 14.1. The molecule has 3 nitrogen and oxygen atoms in total. The van der Waals surface area contributed by atoms with Gasteiger partial charge in [-0.3, -0.25) is 4.90 Å². The molecule has 2 rings (SSSR count). The van der Waals surface area contributed by atoms with Crippen LogP contribution >= 0.6 is 45.2 Å². The molecule has 1 heterocycles. The minimum absolute atomic E-state index is 0.170. The van der Waals surface area contributed by atoms with Gasteiger partial charge in [0.1, 0.15) is 5.75 Å². The molecule has 112 valence electrons. The first-order valence-electron chi connectivity index (χ1n) is 6.40. The lowest BCUT2D eigenvalue weighted by atomic mass is 10.0. The zero-order valence-corrected chi connectivity index (χ0v) is 15.1. The molecule has 20 heavy (non-hydrogen) atoms. The summed E-state index contributed by atoms with van der Waals surface area (Å²) in [6.45, 7) is 3.19. The van der Waals surface area contributed by atoms with Crippen molar-refractivity contribution >= 4 is 45.2 Å². The molecule has 0 amide bonds. The van der Waals surface area contributed by atoms with Gasteiger partial charge in [-0.1, -0.05) is 0 Å². The third-order valence-electron chi connectivity index (χ3n) is 3.42. The van der Waals surface area contributed by atoms with Gasteiger partial charge in [0.2, 0.25) is 6.43 Å². The first-order chi connectivity index (χ1) is 9.49. The number of phenols is 1. The van der Waals surface area contributed by atoms with Crippen LogP contribution in [-0.4, -0.2) is 42.6 Å². The number of alkyl halides is 2. The number of hydrogen-bond donors (Lipinski definition) is 2. The van der Waals surface area contributed by atoms with Crippen molar-refractivity contribution in [3.63, 3.8) is 0 Å². The Kier molecular flexibility index (Phi) is 6.24. The standard InChI is InChI=1S/C13H16F2I2N2O/c14-12(15)7-11(19-3-1-18-2-4-19)8-5-9(16)13(20)10(17)6-8/h5-6,11-12,18,20H,1-4,7H2/t11-/m1/s1. The minimum Gasteiger partial charge on any atom is -0.506 e. The Bertz CT molecular complexity index is 445. The van der Waals surface area contributed by atoms with E-state index in [1.165, 1.54) is 0 Å². The molecule has 2 N–H and O–H groups in total. The molecule has 1 atom stereocenters. The maximum atomic E-state index is 12.9. The van der Waals surface area contributed by atoms with Gasteiger partial charge in [0.15, 0.2) is 0 Å². The van der Waals surface area contributed by atoms with E-state index in [9.17, 15) is 13.9 Å². The zero-order chi connectivity index (χ0) is 14.7. The molecule has 0 spiro atoms. The summed E-state index contributed by atoms with van der Waals surface area (Å²) in [5.41, 5.74) is 0.860. The summed E-state index contributed by atoms with van der Waals surface area (Å²) in [5.74, 6) is 0.228. The fraction of sp³-hybridized carbons (Fsp3) is 0.538. The van der Waals surface area contributed by atoms with Crippen LogP contribution in [0.2, 0.25) is 0 Å². The van der Waals surface area contributed by atoms with E-state index >= 15 is 0 Å². The predicted molar refractivity (Wildman–Crippen MR) is 91.3 cm³/mol. The van der Waals surface area contributed by atoms with Crippen LogP contribution in [0.25, 0.3) is 0 Å². The maximum Gasteiger partial charge on any atom is 0.240 e. The van der Waals surface area contributed by atoms with Crippen LogP contribution < -0.4 is 5.32 Å². The van der Waals surface area contributed by atoms with Crippen LogP contribution in [-0.2, 0) is 0 Å². The Labute approximate surface area is 144 Å². The molecule has 0 aliphatic carbocycles. The Balaban J connectivity index is 2.30. The van der Waals surface area contributed by atoms with Gasteiger partial charge < -0.3 is 10.4 Å². The zero-order valence-electron chi connectivity index (χ0n) is 10.8. The number of nitrogens with one attached hydrogen (secondary N) is 1. The predicted octanol–water partition coefficient (Wildman–Crippen LogP) is 3.20. The van der Waals surface area contributed by atoms with Gasteiger partial charge in [0, 0.05) is 38.6 Å². The number of nitrogens with zero attached hydrogens (tertiary/aromatic N) is 1. The second kappa shape index (κ2) is 7.50. The van der Waals surface area contributed by atoms with E-state index in [-0.39, 0.29) is 18.2 Å². The van der Waals surface area contributed by atoms with Gasteiger partial charge in [-0.2, -0.15) is 0 Å². The van der Waals surface area contributed by atoms with Crippen molar-refractivity contribution < 1.29 is 13.9 Å². The molecule has 1 aromatic carbocycles.